The molecule has 1 aliphatic carbocycles. The largest absolute Gasteiger partial charge is 0.309 e. The van der Waals surface area contributed by atoms with Gasteiger partial charge in [-0.2, -0.15) is 0 Å². The van der Waals surface area contributed by atoms with Gasteiger partial charge in [0, 0.05) is 44.0 Å². The van der Waals surface area contributed by atoms with Crippen LogP contribution in [0.1, 0.15) is 25.0 Å². The minimum absolute atomic E-state index is 0.198. The van der Waals surface area contributed by atoms with Crippen molar-refractivity contribution >= 4 is 49.6 Å². The molecule has 2 heterocycles. The van der Waals surface area contributed by atoms with Crippen molar-refractivity contribution in [3.05, 3.63) is 230 Å². The summed E-state index contributed by atoms with van der Waals surface area (Å²) < 4.78 is 2.57. The summed E-state index contributed by atoms with van der Waals surface area (Å²) >= 11 is 0. The van der Waals surface area contributed by atoms with Gasteiger partial charge in [0.05, 0.1) is 28.1 Å². The lowest BCUT2D eigenvalue weighted by molar-refractivity contribution is 0.661. The van der Waals surface area contributed by atoms with E-state index in [2.05, 4.69) is 242 Å². The maximum Gasteiger partial charge on any atom is 0.0629 e. The summed E-state index contributed by atoms with van der Waals surface area (Å²) in [6, 6.07) is 80.7. The van der Waals surface area contributed by atoms with E-state index in [1.807, 2.05) is 0 Å². The number of anilines is 3. The summed E-state index contributed by atoms with van der Waals surface area (Å²) in [6.45, 7) is 4.84. The molecule has 0 fully saturated rings. The Kier molecular flexibility index (Phi) is 7.68. The second-order valence-electron chi connectivity index (χ2n) is 17.6. The quantitative estimate of drug-likeness (QED) is 0.163. The van der Waals surface area contributed by atoms with E-state index in [1.165, 1.54) is 105 Å². The maximum absolute atomic E-state index is 2.57. The van der Waals surface area contributed by atoms with Crippen molar-refractivity contribution in [1.82, 2.24) is 4.57 Å². The molecular weight excluding hydrogens is 761 g/mol. The van der Waals surface area contributed by atoms with Crippen molar-refractivity contribution in [3.63, 3.8) is 0 Å². The molecule has 2 aliphatic rings. The molecule has 296 valence electrons. The number of hydrogen-bond donors (Lipinski definition) is 0. The molecule has 0 saturated heterocycles. The van der Waals surface area contributed by atoms with E-state index in [4.69, 9.17) is 0 Å². The van der Waals surface area contributed by atoms with Crippen LogP contribution in [0.4, 0.5) is 17.1 Å². The number of benzene rings is 10. The fourth-order valence-corrected chi connectivity index (χ4v) is 11.1. The Morgan fingerprint density at radius 2 is 1.02 bits per heavy atom. The van der Waals surface area contributed by atoms with Crippen molar-refractivity contribution < 1.29 is 0 Å². The number of rotatable bonds is 6. The van der Waals surface area contributed by atoms with Gasteiger partial charge in [0.25, 0.3) is 0 Å². The molecule has 1 aliphatic heterocycles. The Hall–Kier alpha value is -7.94. The average molecular weight is 803 g/mol. The Morgan fingerprint density at radius 1 is 0.381 bits per heavy atom. The smallest absolute Gasteiger partial charge is 0.0629 e. The van der Waals surface area contributed by atoms with Crippen LogP contribution < -0.4 is 4.90 Å². The van der Waals surface area contributed by atoms with Crippen LogP contribution in [0, 0.1) is 0 Å². The first-order chi connectivity index (χ1) is 31.1. The van der Waals surface area contributed by atoms with E-state index in [1.54, 1.807) is 0 Å². The first-order valence-corrected chi connectivity index (χ1v) is 22.0. The summed E-state index contributed by atoms with van der Waals surface area (Å²) in [5, 5.41) is 5.00. The lowest BCUT2D eigenvalue weighted by atomic mass is 9.80. The van der Waals surface area contributed by atoms with Gasteiger partial charge < -0.3 is 9.47 Å². The van der Waals surface area contributed by atoms with Crippen LogP contribution in [0.25, 0.3) is 93.9 Å². The Bertz CT molecular complexity index is 3630. The van der Waals surface area contributed by atoms with Crippen molar-refractivity contribution in [1.29, 1.82) is 0 Å². The van der Waals surface area contributed by atoms with Gasteiger partial charge in [-0.25, -0.2) is 0 Å². The van der Waals surface area contributed by atoms with Crippen LogP contribution in [-0.4, -0.2) is 4.57 Å². The molecule has 0 bridgehead atoms. The van der Waals surface area contributed by atoms with E-state index < -0.39 is 0 Å². The third kappa shape index (κ3) is 5.13. The standard InChI is InChI=1S/C61H42N2/c1-61(2)51-31-17-30-47-46-25-12-14-32-54(46)63-55-33-15-13-26-48(55)57-50(38-52(61)59(58(47)51)60(57)63)44-27-16-29-45-43(44)28-18-34-53(45)62(42-23-10-5-11-24-42)56-36-35-41(39-19-6-3-7-20-39)37-49(56)40-21-8-4-9-22-40/h3-38H,1-2H3. The zero-order chi connectivity index (χ0) is 41.8. The predicted molar refractivity (Wildman–Crippen MR) is 266 cm³/mol. The van der Waals surface area contributed by atoms with Gasteiger partial charge in [0.1, 0.15) is 0 Å². The van der Waals surface area contributed by atoms with Gasteiger partial charge in [0.15, 0.2) is 0 Å². The normalized spacial score (nSPS) is 13.0. The molecule has 2 heteroatoms. The Morgan fingerprint density at radius 3 is 1.84 bits per heavy atom. The monoisotopic (exact) mass is 802 g/mol. The van der Waals surface area contributed by atoms with E-state index >= 15 is 0 Å². The van der Waals surface area contributed by atoms with Gasteiger partial charge in [-0.15, -0.1) is 0 Å². The minimum Gasteiger partial charge on any atom is -0.309 e. The van der Waals surface area contributed by atoms with Crippen LogP contribution in [-0.2, 0) is 5.41 Å². The molecule has 0 amide bonds. The van der Waals surface area contributed by atoms with Gasteiger partial charge >= 0.3 is 0 Å². The van der Waals surface area contributed by atoms with E-state index in [0.29, 0.717) is 0 Å². The van der Waals surface area contributed by atoms with E-state index in [-0.39, 0.29) is 5.41 Å². The van der Waals surface area contributed by atoms with Gasteiger partial charge in [-0.05, 0) is 104 Å². The van der Waals surface area contributed by atoms with Crippen molar-refractivity contribution in [3.8, 4) is 61.3 Å². The second kappa shape index (κ2) is 13.5. The summed E-state index contributed by atoms with van der Waals surface area (Å²) in [5.41, 5.74) is 22.3. The zero-order valence-corrected chi connectivity index (χ0v) is 35.2. The fraction of sp³-hybridized carbons (Fsp3) is 0.0492. The second-order valence-corrected chi connectivity index (χ2v) is 17.6. The molecule has 0 atom stereocenters. The summed E-state index contributed by atoms with van der Waals surface area (Å²) in [6.07, 6.45) is 0. The number of para-hydroxylation sites is 3. The molecule has 0 N–H and O–H groups in total. The highest BCUT2D eigenvalue weighted by atomic mass is 15.1. The maximum atomic E-state index is 2.57. The van der Waals surface area contributed by atoms with Crippen molar-refractivity contribution in [2.75, 3.05) is 4.90 Å². The van der Waals surface area contributed by atoms with Crippen LogP contribution in [0.15, 0.2) is 218 Å². The lowest BCUT2D eigenvalue weighted by Gasteiger charge is -2.30. The van der Waals surface area contributed by atoms with Crippen molar-refractivity contribution in [2.24, 2.45) is 0 Å². The van der Waals surface area contributed by atoms with E-state index in [9.17, 15) is 0 Å². The molecule has 0 radical (unpaired) electrons. The fourth-order valence-electron chi connectivity index (χ4n) is 11.1. The molecule has 63 heavy (non-hydrogen) atoms. The molecular formula is C61H42N2. The number of hydrogen-bond acceptors (Lipinski definition) is 1. The first kappa shape index (κ1) is 35.8. The summed E-state index contributed by atoms with van der Waals surface area (Å²) in [5.74, 6) is 0. The van der Waals surface area contributed by atoms with Gasteiger partial charge in [-0.3, -0.25) is 0 Å². The zero-order valence-electron chi connectivity index (χ0n) is 35.2. The van der Waals surface area contributed by atoms with Crippen LogP contribution in [0.5, 0.6) is 0 Å². The third-order valence-electron chi connectivity index (χ3n) is 13.9. The molecule has 11 aromatic rings. The minimum atomic E-state index is -0.198. The van der Waals surface area contributed by atoms with Crippen LogP contribution in [0.2, 0.25) is 0 Å². The first-order valence-electron chi connectivity index (χ1n) is 22.0. The molecule has 1 aromatic heterocycles. The summed E-state index contributed by atoms with van der Waals surface area (Å²) in [7, 11) is 0. The topological polar surface area (TPSA) is 8.17 Å². The number of fused-ring (bicyclic) bond motifs is 7. The summed E-state index contributed by atoms with van der Waals surface area (Å²) in [4.78, 5) is 2.47. The Labute approximate surface area is 367 Å². The van der Waals surface area contributed by atoms with Gasteiger partial charge in [0.2, 0.25) is 0 Å². The number of nitrogens with zero attached hydrogens (tertiary/aromatic N) is 2. The van der Waals surface area contributed by atoms with Crippen LogP contribution >= 0.6 is 0 Å². The third-order valence-corrected chi connectivity index (χ3v) is 13.9. The van der Waals surface area contributed by atoms with Crippen molar-refractivity contribution in [2.45, 2.75) is 19.3 Å². The molecule has 0 spiro atoms. The highest BCUT2D eigenvalue weighted by Crippen LogP contribution is 2.60. The number of aromatic nitrogens is 1. The Balaban J connectivity index is 1.11. The molecule has 10 aromatic carbocycles. The predicted octanol–water partition coefficient (Wildman–Crippen LogP) is 16.7. The SMILES string of the molecule is CC1(C)c2cccc3c2-c2c1cc(-c1cccc4c(N(c5ccccc5)c5ccc(-c6ccccc6)cc5-c5ccccc5)cccc14)c1c4ccccc4n(c21)-c1ccccc1-3. The van der Waals surface area contributed by atoms with Gasteiger partial charge in [-0.1, -0.05) is 184 Å². The van der Waals surface area contributed by atoms with Crippen LogP contribution in [0.3, 0.4) is 0 Å². The van der Waals surface area contributed by atoms with E-state index in [0.717, 1.165) is 17.1 Å². The highest BCUT2D eigenvalue weighted by molar-refractivity contribution is 6.25. The molecule has 13 rings (SSSR count). The molecule has 2 nitrogen and oxygen atoms in total. The highest BCUT2D eigenvalue weighted by Gasteiger charge is 2.42. The average Bonchev–Trinajstić information content (AvgIpc) is 3.76. The molecule has 0 saturated carbocycles. The lowest BCUT2D eigenvalue weighted by Crippen LogP contribution is -2.15. The molecule has 0 unspecified atom stereocenters.